The number of hydrogen-bond acceptors (Lipinski definition) is 4. The fourth-order valence-electron chi connectivity index (χ4n) is 3.61. The molecule has 0 spiro atoms. The van der Waals surface area contributed by atoms with Crippen LogP contribution in [0.4, 0.5) is 10.1 Å². The lowest BCUT2D eigenvalue weighted by atomic mass is 9.86. The highest BCUT2D eigenvalue weighted by molar-refractivity contribution is 8.03. The average molecular weight is 379 g/mol. The SMILES string of the molecule is Cc1ccccc1N1CSC2=C(C#N)[C@@H](c3ccc(F)cc3)CC(=O)N2C1. The maximum absolute atomic E-state index is 13.3. The van der Waals surface area contributed by atoms with Crippen LogP contribution in [0.5, 0.6) is 0 Å². The Bertz CT molecular complexity index is 964. The summed E-state index contributed by atoms with van der Waals surface area (Å²) in [6.07, 6.45) is 0.222. The molecule has 27 heavy (non-hydrogen) atoms. The summed E-state index contributed by atoms with van der Waals surface area (Å²) in [6.45, 7) is 2.49. The summed E-state index contributed by atoms with van der Waals surface area (Å²) in [7, 11) is 0. The molecule has 2 aromatic rings. The number of thioether (sulfide) groups is 1. The molecule has 1 amide bonds. The second-order valence-corrected chi connectivity index (χ2v) is 7.64. The summed E-state index contributed by atoms with van der Waals surface area (Å²) in [4.78, 5) is 16.7. The van der Waals surface area contributed by atoms with E-state index >= 15 is 0 Å². The van der Waals surface area contributed by atoms with E-state index in [-0.39, 0.29) is 24.1 Å². The van der Waals surface area contributed by atoms with Gasteiger partial charge in [-0.2, -0.15) is 5.26 Å². The molecule has 1 saturated heterocycles. The van der Waals surface area contributed by atoms with E-state index in [1.165, 1.54) is 23.9 Å². The lowest BCUT2D eigenvalue weighted by molar-refractivity contribution is -0.129. The lowest BCUT2D eigenvalue weighted by Gasteiger charge is -2.42. The third-order valence-electron chi connectivity index (χ3n) is 5.02. The van der Waals surface area contributed by atoms with Crippen LogP contribution in [0, 0.1) is 24.1 Å². The van der Waals surface area contributed by atoms with E-state index in [4.69, 9.17) is 0 Å². The molecule has 1 atom stereocenters. The Kier molecular flexibility index (Phi) is 4.63. The number of nitrogens with zero attached hydrogens (tertiary/aromatic N) is 3. The zero-order valence-corrected chi connectivity index (χ0v) is 15.7. The maximum atomic E-state index is 13.3. The number of rotatable bonds is 2. The van der Waals surface area contributed by atoms with Gasteiger partial charge >= 0.3 is 0 Å². The van der Waals surface area contributed by atoms with Crippen molar-refractivity contribution >= 4 is 23.4 Å². The van der Waals surface area contributed by atoms with Gasteiger partial charge in [-0.05, 0) is 36.2 Å². The molecule has 0 unspecified atom stereocenters. The Balaban J connectivity index is 1.68. The normalized spacial score (nSPS) is 19.7. The van der Waals surface area contributed by atoms with E-state index < -0.39 is 0 Å². The number of para-hydroxylation sites is 1. The third-order valence-corrected chi connectivity index (χ3v) is 6.18. The summed E-state index contributed by atoms with van der Waals surface area (Å²) in [5.74, 6) is 0.0243. The lowest BCUT2D eigenvalue weighted by Crippen LogP contribution is -2.47. The monoisotopic (exact) mass is 379 g/mol. The molecule has 0 saturated carbocycles. The average Bonchev–Trinajstić information content (AvgIpc) is 2.69. The predicted molar refractivity (Wildman–Crippen MR) is 104 cm³/mol. The Labute approximate surface area is 161 Å². The molecular formula is C21H18FN3OS. The van der Waals surface area contributed by atoms with E-state index in [9.17, 15) is 14.4 Å². The molecule has 0 N–H and O–H groups in total. The topological polar surface area (TPSA) is 47.3 Å². The van der Waals surface area contributed by atoms with Gasteiger partial charge in [0.25, 0.3) is 0 Å². The minimum atomic E-state index is -0.324. The van der Waals surface area contributed by atoms with Crippen molar-refractivity contribution in [2.45, 2.75) is 19.3 Å². The molecule has 2 aromatic carbocycles. The van der Waals surface area contributed by atoms with Gasteiger partial charge in [-0.1, -0.05) is 42.1 Å². The molecule has 0 bridgehead atoms. The van der Waals surface area contributed by atoms with Crippen LogP contribution in [0.1, 0.15) is 23.5 Å². The van der Waals surface area contributed by atoms with Gasteiger partial charge < -0.3 is 4.90 Å². The zero-order valence-electron chi connectivity index (χ0n) is 14.9. The van der Waals surface area contributed by atoms with E-state index in [0.29, 0.717) is 18.1 Å². The summed E-state index contributed by atoms with van der Waals surface area (Å²) in [6, 6.07) is 16.5. The van der Waals surface area contributed by atoms with E-state index in [1.54, 1.807) is 17.0 Å². The summed E-state index contributed by atoms with van der Waals surface area (Å²) in [5, 5.41) is 10.5. The predicted octanol–water partition coefficient (Wildman–Crippen LogP) is 4.35. The first kappa shape index (κ1) is 17.6. The molecule has 2 aliphatic rings. The van der Waals surface area contributed by atoms with Gasteiger partial charge in [-0.15, -0.1) is 0 Å². The number of allylic oxidation sites excluding steroid dienone is 1. The van der Waals surface area contributed by atoms with Gasteiger partial charge in [0.1, 0.15) is 5.82 Å². The molecule has 2 aliphatic heterocycles. The Morgan fingerprint density at radius 3 is 2.63 bits per heavy atom. The van der Waals surface area contributed by atoms with Gasteiger partial charge in [0.2, 0.25) is 5.91 Å². The third kappa shape index (κ3) is 3.19. The Hall–Kier alpha value is -2.78. The first-order valence-corrected chi connectivity index (χ1v) is 9.70. The van der Waals surface area contributed by atoms with Crippen molar-refractivity contribution in [3.05, 3.63) is 76.1 Å². The van der Waals surface area contributed by atoms with Gasteiger partial charge in [-0.3, -0.25) is 9.69 Å². The Morgan fingerprint density at radius 1 is 1.19 bits per heavy atom. The van der Waals surface area contributed by atoms with Gasteiger partial charge in [-0.25, -0.2) is 4.39 Å². The second kappa shape index (κ2) is 7.09. The number of halogens is 1. The van der Waals surface area contributed by atoms with E-state index in [0.717, 1.165) is 21.8 Å². The zero-order chi connectivity index (χ0) is 19.0. The second-order valence-electron chi connectivity index (χ2n) is 6.70. The van der Waals surface area contributed by atoms with Crippen LogP contribution in [-0.4, -0.2) is 23.4 Å². The number of carbonyl (C=O) groups is 1. The maximum Gasteiger partial charge on any atom is 0.229 e. The number of amides is 1. The highest BCUT2D eigenvalue weighted by Gasteiger charge is 2.38. The number of benzene rings is 2. The minimum absolute atomic E-state index is 0.0101. The molecule has 6 heteroatoms. The standard InChI is InChI=1S/C21H18FN3OS/c1-14-4-2-3-5-19(14)24-12-25-20(26)10-17(15-6-8-16(22)9-7-15)18(11-23)21(25)27-13-24/h2-9,17H,10,12-13H2,1H3/t17-/m1/s1. The van der Waals surface area contributed by atoms with Crippen LogP contribution in [-0.2, 0) is 4.79 Å². The van der Waals surface area contributed by atoms with Crippen molar-refractivity contribution in [1.82, 2.24) is 4.90 Å². The van der Waals surface area contributed by atoms with Crippen LogP contribution in [0.25, 0.3) is 0 Å². The highest BCUT2D eigenvalue weighted by Crippen LogP contribution is 2.43. The number of hydrogen-bond donors (Lipinski definition) is 0. The largest absolute Gasteiger partial charge is 0.343 e. The summed E-state index contributed by atoms with van der Waals surface area (Å²) >= 11 is 1.51. The van der Waals surface area contributed by atoms with Crippen LogP contribution < -0.4 is 4.90 Å². The first-order chi connectivity index (χ1) is 13.1. The van der Waals surface area contributed by atoms with Crippen LogP contribution in [0.3, 0.4) is 0 Å². The molecule has 2 heterocycles. The number of nitriles is 1. The van der Waals surface area contributed by atoms with E-state index in [2.05, 4.69) is 24.0 Å². The molecule has 0 radical (unpaired) electrons. The molecule has 0 aromatic heterocycles. The summed E-state index contributed by atoms with van der Waals surface area (Å²) in [5.41, 5.74) is 3.64. The van der Waals surface area contributed by atoms with E-state index in [1.807, 2.05) is 18.2 Å². The molecule has 4 rings (SSSR count). The molecule has 1 fully saturated rings. The van der Waals surface area contributed by atoms with Gasteiger partial charge in [0.05, 0.1) is 29.2 Å². The smallest absolute Gasteiger partial charge is 0.229 e. The minimum Gasteiger partial charge on any atom is -0.343 e. The molecule has 136 valence electrons. The van der Waals surface area contributed by atoms with Crippen LogP contribution >= 0.6 is 11.8 Å². The number of carbonyl (C=O) groups excluding carboxylic acids is 1. The van der Waals surface area contributed by atoms with Gasteiger partial charge in [0, 0.05) is 18.0 Å². The van der Waals surface area contributed by atoms with Crippen molar-refractivity contribution in [3.63, 3.8) is 0 Å². The van der Waals surface area contributed by atoms with Crippen molar-refractivity contribution < 1.29 is 9.18 Å². The fourth-order valence-corrected chi connectivity index (χ4v) is 4.77. The number of anilines is 1. The number of fused-ring (bicyclic) bond motifs is 1. The van der Waals surface area contributed by atoms with Crippen molar-refractivity contribution in [1.29, 1.82) is 5.26 Å². The van der Waals surface area contributed by atoms with Crippen molar-refractivity contribution in [2.75, 3.05) is 17.4 Å². The fraction of sp³-hybridized carbons (Fsp3) is 0.238. The van der Waals surface area contributed by atoms with Crippen LogP contribution in [0.15, 0.2) is 59.1 Å². The first-order valence-electron chi connectivity index (χ1n) is 8.72. The summed E-state index contributed by atoms with van der Waals surface area (Å²) < 4.78 is 13.3. The Morgan fingerprint density at radius 2 is 1.93 bits per heavy atom. The molecular weight excluding hydrogens is 361 g/mol. The molecule has 4 nitrogen and oxygen atoms in total. The molecule has 0 aliphatic carbocycles. The quantitative estimate of drug-likeness (QED) is 0.778. The van der Waals surface area contributed by atoms with Crippen molar-refractivity contribution in [3.8, 4) is 6.07 Å². The van der Waals surface area contributed by atoms with Crippen LogP contribution in [0.2, 0.25) is 0 Å². The van der Waals surface area contributed by atoms with Crippen molar-refractivity contribution in [2.24, 2.45) is 0 Å². The number of aryl methyl sites for hydroxylation is 1. The highest BCUT2D eigenvalue weighted by atomic mass is 32.2. The van der Waals surface area contributed by atoms with Gasteiger partial charge in [0.15, 0.2) is 0 Å².